The largest absolute Gasteiger partial charge is 0.385 e. The molecule has 1 fully saturated rings. The zero-order valence-electron chi connectivity index (χ0n) is 11.2. The summed E-state index contributed by atoms with van der Waals surface area (Å²) in [6, 6.07) is 1.10. The summed E-state index contributed by atoms with van der Waals surface area (Å²) in [7, 11) is 1.77. The maximum atomic E-state index is 5.44. The Labute approximate surface area is 99.9 Å². The van der Waals surface area contributed by atoms with E-state index >= 15 is 0 Å². The minimum atomic E-state index is 0.548. The zero-order chi connectivity index (χ0) is 12.0. The molecule has 96 valence electrons. The molecule has 0 bridgehead atoms. The fourth-order valence-electron chi connectivity index (χ4n) is 2.27. The summed E-state index contributed by atoms with van der Waals surface area (Å²) in [4.78, 5) is 0. The molecule has 3 nitrogen and oxygen atoms in total. The van der Waals surface area contributed by atoms with Gasteiger partial charge in [0, 0.05) is 32.4 Å². The van der Waals surface area contributed by atoms with Crippen LogP contribution in [-0.2, 0) is 9.47 Å². The maximum Gasteiger partial charge on any atom is 0.0509 e. The predicted molar refractivity (Wildman–Crippen MR) is 66.6 cm³/mol. The van der Waals surface area contributed by atoms with Crippen LogP contribution in [-0.4, -0.2) is 39.0 Å². The second-order valence-corrected chi connectivity index (χ2v) is 5.21. The van der Waals surface area contributed by atoms with E-state index in [-0.39, 0.29) is 0 Å². The number of rotatable bonds is 7. The molecular formula is C13H27NO2. The van der Waals surface area contributed by atoms with Crippen molar-refractivity contribution in [3.8, 4) is 0 Å². The number of methoxy groups -OCH3 is 1. The number of hydrogen-bond donors (Lipinski definition) is 1. The Morgan fingerprint density at radius 1 is 1.38 bits per heavy atom. The Bertz CT molecular complexity index is 179. The SMILES string of the molecule is COCCC(NC(C)C1CCOC1)C(C)C. The number of hydrogen-bond acceptors (Lipinski definition) is 3. The van der Waals surface area contributed by atoms with Crippen LogP contribution in [0, 0.1) is 11.8 Å². The molecule has 0 radical (unpaired) electrons. The van der Waals surface area contributed by atoms with Crippen molar-refractivity contribution in [3.05, 3.63) is 0 Å². The summed E-state index contributed by atoms with van der Waals surface area (Å²) in [6.07, 6.45) is 2.29. The lowest BCUT2D eigenvalue weighted by molar-refractivity contribution is 0.157. The molecule has 0 aromatic rings. The first kappa shape index (κ1) is 13.9. The van der Waals surface area contributed by atoms with Gasteiger partial charge in [-0.15, -0.1) is 0 Å². The zero-order valence-corrected chi connectivity index (χ0v) is 11.2. The molecule has 1 aliphatic rings. The highest BCUT2D eigenvalue weighted by atomic mass is 16.5. The average molecular weight is 229 g/mol. The van der Waals surface area contributed by atoms with Crippen LogP contribution in [0.25, 0.3) is 0 Å². The minimum Gasteiger partial charge on any atom is -0.385 e. The van der Waals surface area contributed by atoms with Crippen LogP contribution in [0.5, 0.6) is 0 Å². The summed E-state index contributed by atoms with van der Waals surface area (Å²) >= 11 is 0. The molecule has 0 aromatic heterocycles. The van der Waals surface area contributed by atoms with Crippen LogP contribution >= 0.6 is 0 Å². The van der Waals surface area contributed by atoms with Crippen molar-refractivity contribution in [2.75, 3.05) is 26.9 Å². The lowest BCUT2D eigenvalue weighted by atomic mass is 9.95. The molecule has 0 aromatic carbocycles. The highest BCUT2D eigenvalue weighted by Crippen LogP contribution is 2.18. The molecule has 1 saturated heterocycles. The van der Waals surface area contributed by atoms with E-state index in [1.807, 2.05) is 0 Å². The third-order valence-electron chi connectivity index (χ3n) is 3.59. The van der Waals surface area contributed by atoms with Gasteiger partial charge in [0.15, 0.2) is 0 Å². The van der Waals surface area contributed by atoms with E-state index in [2.05, 4.69) is 26.1 Å². The van der Waals surface area contributed by atoms with Gasteiger partial charge in [0.2, 0.25) is 0 Å². The second-order valence-electron chi connectivity index (χ2n) is 5.21. The number of ether oxygens (including phenoxy) is 2. The van der Waals surface area contributed by atoms with Crippen molar-refractivity contribution < 1.29 is 9.47 Å². The van der Waals surface area contributed by atoms with E-state index in [1.54, 1.807) is 7.11 Å². The van der Waals surface area contributed by atoms with E-state index in [9.17, 15) is 0 Å². The van der Waals surface area contributed by atoms with Gasteiger partial charge in [0.25, 0.3) is 0 Å². The molecule has 0 aliphatic carbocycles. The van der Waals surface area contributed by atoms with Gasteiger partial charge in [-0.2, -0.15) is 0 Å². The molecule has 0 saturated carbocycles. The summed E-state index contributed by atoms with van der Waals surface area (Å²) < 4.78 is 10.6. The Morgan fingerprint density at radius 3 is 2.62 bits per heavy atom. The van der Waals surface area contributed by atoms with E-state index in [0.717, 1.165) is 26.2 Å². The Hall–Kier alpha value is -0.120. The van der Waals surface area contributed by atoms with Crippen LogP contribution < -0.4 is 5.32 Å². The highest BCUT2D eigenvalue weighted by molar-refractivity contribution is 4.81. The summed E-state index contributed by atoms with van der Waals surface area (Å²) in [6.45, 7) is 9.51. The van der Waals surface area contributed by atoms with Gasteiger partial charge in [-0.25, -0.2) is 0 Å². The first-order valence-corrected chi connectivity index (χ1v) is 6.48. The fraction of sp³-hybridized carbons (Fsp3) is 1.00. The van der Waals surface area contributed by atoms with Gasteiger partial charge in [-0.05, 0) is 31.6 Å². The van der Waals surface area contributed by atoms with E-state index in [1.165, 1.54) is 6.42 Å². The van der Waals surface area contributed by atoms with Crippen molar-refractivity contribution in [1.29, 1.82) is 0 Å². The molecule has 16 heavy (non-hydrogen) atoms. The van der Waals surface area contributed by atoms with Crippen molar-refractivity contribution in [1.82, 2.24) is 5.32 Å². The molecule has 3 atom stereocenters. The second kappa shape index (κ2) is 7.25. The lowest BCUT2D eigenvalue weighted by Crippen LogP contribution is -2.44. The molecular weight excluding hydrogens is 202 g/mol. The summed E-state index contributed by atoms with van der Waals surface area (Å²) in [5.74, 6) is 1.34. The average Bonchev–Trinajstić information content (AvgIpc) is 2.76. The molecule has 3 unspecified atom stereocenters. The quantitative estimate of drug-likeness (QED) is 0.725. The normalized spacial score (nSPS) is 24.9. The van der Waals surface area contributed by atoms with Crippen LogP contribution in [0.3, 0.4) is 0 Å². The van der Waals surface area contributed by atoms with Crippen LogP contribution in [0.1, 0.15) is 33.6 Å². The van der Waals surface area contributed by atoms with Crippen LogP contribution in [0.4, 0.5) is 0 Å². The summed E-state index contributed by atoms with van der Waals surface area (Å²) in [5, 5.41) is 3.73. The van der Waals surface area contributed by atoms with Gasteiger partial charge < -0.3 is 14.8 Å². The van der Waals surface area contributed by atoms with Gasteiger partial charge in [0.05, 0.1) is 6.61 Å². The van der Waals surface area contributed by atoms with Crippen molar-refractivity contribution in [3.63, 3.8) is 0 Å². The Balaban J connectivity index is 2.34. The first-order valence-electron chi connectivity index (χ1n) is 6.48. The lowest BCUT2D eigenvalue weighted by Gasteiger charge is -2.29. The summed E-state index contributed by atoms with van der Waals surface area (Å²) in [5.41, 5.74) is 0. The van der Waals surface area contributed by atoms with Gasteiger partial charge >= 0.3 is 0 Å². The van der Waals surface area contributed by atoms with Crippen molar-refractivity contribution in [2.45, 2.75) is 45.7 Å². The maximum absolute atomic E-state index is 5.44. The third kappa shape index (κ3) is 4.40. The minimum absolute atomic E-state index is 0.548. The predicted octanol–water partition coefficient (Wildman–Crippen LogP) is 2.06. The Morgan fingerprint density at radius 2 is 2.12 bits per heavy atom. The molecule has 0 spiro atoms. The van der Waals surface area contributed by atoms with Gasteiger partial charge in [0.1, 0.15) is 0 Å². The van der Waals surface area contributed by atoms with Crippen molar-refractivity contribution >= 4 is 0 Å². The standard InChI is InChI=1S/C13H27NO2/c1-10(2)13(6-7-15-4)14-11(3)12-5-8-16-9-12/h10-14H,5-9H2,1-4H3. The fourth-order valence-corrected chi connectivity index (χ4v) is 2.27. The topological polar surface area (TPSA) is 30.5 Å². The van der Waals surface area contributed by atoms with E-state index in [0.29, 0.717) is 23.9 Å². The molecule has 3 heteroatoms. The Kier molecular flexibility index (Phi) is 6.32. The van der Waals surface area contributed by atoms with E-state index in [4.69, 9.17) is 9.47 Å². The van der Waals surface area contributed by atoms with E-state index < -0.39 is 0 Å². The van der Waals surface area contributed by atoms with Crippen LogP contribution in [0.15, 0.2) is 0 Å². The van der Waals surface area contributed by atoms with Crippen molar-refractivity contribution in [2.24, 2.45) is 11.8 Å². The molecule has 1 rings (SSSR count). The molecule has 1 aliphatic heterocycles. The van der Waals surface area contributed by atoms with Gasteiger partial charge in [-0.3, -0.25) is 0 Å². The molecule has 0 amide bonds. The first-order chi connectivity index (χ1) is 7.65. The highest BCUT2D eigenvalue weighted by Gasteiger charge is 2.25. The monoisotopic (exact) mass is 229 g/mol. The van der Waals surface area contributed by atoms with Gasteiger partial charge in [-0.1, -0.05) is 13.8 Å². The third-order valence-corrected chi connectivity index (χ3v) is 3.59. The smallest absolute Gasteiger partial charge is 0.0509 e. The molecule has 1 N–H and O–H groups in total. The van der Waals surface area contributed by atoms with Crippen LogP contribution in [0.2, 0.25) is 0 Å². The molecule has 1 heterocycles. The number of nitrogens with one attached hydrogen (secondary N) is 1.